The Kier molecular flexibility index (Phi) is 10.7. The van der Waals surface area contributed by atoms with Crippen molar-refractivity contribution in [3.8, 4) is 0 Å². The predicted octanol–water partition coefficient (Wildman–Crippen LogP) is 3.46. The van der Waals surface area contributed by atoms with Crippen molar-refractivity contribution < 1.29 is 10.3 Å². The molecule has 1 rings (SSSR count). The summed E-state index contributed by atoms with van der Waals surface area (Å²) in [4.78, 5) is 0. The first-order valence-electron chi connectivity index (χ1n) is 2.27. The van der Waals surface area contributed by atoms with Crippen LogP contribution in [0.25, 0.3) is 0 Å². The first kappa shape index (κ1) is 10.3. The summed E-state index contributed by atoms with van der Waals surface area (Å²) in [5.41, 5.74) is 0. The SMILES string of the molecule is [I][Os][I].c1ccccc1. The van der Waals surface area contributed by atoms with Crippen LogP contribution in [0.4, 0.5) is 0 Å². The van der Waals surface area contributed by atoms with Gasteiger partial charge in [-0.25, -0.2) is 0 Å². The molecule has 0 radical (unpaired) electrons. The summed E-state index contributed by atoms with van der Waals surface area (Å²) in [7, 11) is 0.357. The van der Waals surface area contributed by atoms with Gasteiger partial charge in [-0.15, -0.1) is 0 Å². The van der Waals surface area contributed by atoms with Gasteiger partial charge in [-0.05, 0) is 0 Å². The van der Waals surface area contributed by atoms with Crippen LogP contribution in [0.1, 0.15) is 0 Å². The Morgan fingerprint density at radius 3 is 0.889 bits per heavy atom. The second-order valence-electron chi connectivity index (χ2n) is 1.21. The second kappa shape index (κ2) is 9.32. The van der Waals surface area contributed by atoms with E-state index < -0.39 is 0 Å². The molecule has 0 aliphatic carbocycles. The quantitative estimate of drug-likeness (QED) is 0.459. The molecular formula is C6H6I2Os. The smallest absolute Gasteiger partial charge is 0.0623 e. The Labute approximate surface area is 84.8 Å². The summed E-state index contributed by atoms with van der Waals surface area (Å²) >= 11 is 4.83. The summed E-state index contributed by atoms with van der Waals surface area (Å²) in [6, 6.07) is 12.0. The molecule has 1 aromatic carbocycles. The van der Waals surface area contributed by atoms with Crippen molar-refractivity contribution >= 4 is 39.3 Å². The molecule has 0 aromatic heterocycles. The fourth-order valence-corrected chi connectivity index (χ4v) is 0.385. The number of halogens is 2. The molecule has 0 aliphatic heterocycles. The Hall–Kier alpha value is 1.32. The average molecular weight is 522 g/mol. The Morgan fingerprint density at radius 2 is 0.778 bits per heavy atom. The first-order chi connectivity index (χ1) is 4.41. The van der Waals surface area contributed by atoms with Crippen molar-refractivity contribution in [2.45, 2.75) is 0 Å². The fourth-order valence-electron chi connectivity index (χ4n) is 0.385. The maximum absolute atomic E-state index is 2.41. The Morgan fingerprint density at radius 1 is 0.667 bits per heavy atom. The van der Waals surface area contributed by atoms with E-state index in [0.29, 0.717) is 10.3 Å². The van der Waals surface area contributed by atoms with Crippen LogP contribution in [0.2, 0.25) is 0 Å². The van der Waals surface area contributed by atoms with Crippen molar-refractivity contribution in [2.24, 2.45) is 0 Å². The molecule has 0 bridgehead atoms. The Bertz CT molecular complexity index is 93.9. The van der Waals surface area contributed by atoms with E-state index >= 15 is 0 Å². The van der Waals surface area contributed by atoms with E-state index in [4.69, 9.17) is 0 Å². The van der Waals surface area contributed by atoms with Gasteiger partial charge in [0, 0.05) is 0 Å². The number of rotatable bonds is 0. The minimum absolute atomic E-state index is 0.357. The molecule has 9 heavy (non-hydrogen) atoms. The third kappa shape index (κ3) is 9.32. The van der Waals surface area contributed by atoms with Gasteiger partial charge in [-0.1, -0.05) is 36.4 Å². The third-order valence-corrected chi connectivity index (χ3v) is 0.667. The molecule has 52 valence electrons. The van der Waals surface area contributed by atoms with Crippen LogP contribution in [0.3, 0.4) is 0 Å². The van der Waals surface area contributed by atoms with E-state index in [1.807, 2.05) is 36.4 Å². The van der Waals surface area contributed by atoms with Gasteiger partial charge in [0.15, 0.2) is 0 Å². The minimum atomic E-state index is 0.357. The van der Waals surface area contributed by atoms with Crippen molar-refractivity contribution in [3.05, 3.63) is 36.4 Å². The topological polar surface area (TPSA) is 0 Å². The van der Waals surface area contributed by atoms with Gasteiger partial charge >= 0.3 is 49.7 Å². The van der Waals surface area contributed by atoms with Gasteiger partial charge < -0.3 is 0 Å². The summed E-state index contributed by atoms with van der Waals surface area (Å²) in [5.74, 6) is 0. The molecule has 0 unspecified atom stereocenters. The second-order valence-corrected chi connectivity index (χ2v) is 19.8. The number of hydrogen-bond acceptors (Lipinski definition) is 0. The largest absolute Gasteiger partial charge is 0.0623 e. The average Bonchev–Trinajstić information content (AvgIpc) is 1.93. The van der Waals surface area contributed by atoms with E-state index in [0.717, 1.165) is 0 Å². The monoisotopic (exact) mass is 524 g/mol. The zero-order chi connectivity index (χ0) is 6.95. The van der Waals surface area contributed by atoms with E-state index in [9.17, 15) is 0 Å². The summed E-state index contributed by atoms with van der Waals surface area (Å²) in [6.07, 6.45) is 0. The molecule has 0 atom stereocenters. The van der Waals surface area contributed by atoms with Crippen molar-refractivity contribution in [2.75, 3.05) is 0 Å². The van der Waals surface area contributed by atoms with Crippen LogP contribution in [0.15, 0.2) is 36.4 Å². The van der Waals surface area contributed by atoms with Crippen LogP contribution in [-0.2, 0) is 10.3 Å². The van der Waals surface area contributed by atoms with Crippen LogP contribution < -0.4 is 0 Å². The standard InChI is InChI=1S/C6H6.2HI.Os/c1-2-4-6-5-3-1;;;/h1-6H;2*1H;/q;;;+2/p-2. The zero-order valence-corrected chi connectivity index (χ0v) is 11.4. The van der Waals surface area contributed by atoms with Gasteiger partial charge in [0.2, 0.25) is 0 Å². The molecule has 0 N–H and O–H groups in total. The van der Waals surface area contributed by atoms with Gasteiger partial charge in [0.25, 0.3) is 0 Å². The summed E-state index contributed by atoms with van der Waals surface area (Å²) in [6.45, 7) is 0. The fraction of sp³-hybridized carbons (Fsp3) is 0. The van der Waals surface area contributed by atoms with Crippen molar-refractivity contribution in [1.82, 2.24) is 0 Å². The molecule has 0 nitrogen and oxygen atoms in total. The van der Waals surface area contributed by atoms with Gasteiger partial charge in [0.1, 0.15) is 0 Å². The van der Waals surface area contributed by atoms with Gasteiger partial charge in [0.05, 0.1) is 0 Å². The van der Waals surface area contributed by atoms with Crippen molar-refractivity contribution in [3.63, 3.8) is 0 Å². The molecule has 0 amide bonds. The molecule has 0 saturated heterocycles. The molecule has 0 spiro atoms. The van der Waals surface area contributed by atoms with E-state index in [1.165, 1.54) is 0 Å². The van der Waals surface area contributed by atoms with E-state index in [-0.39, 0.29) is 0 Å². The first-order valence-corrected chi connectivity index (χ1v) is 16.7. The molecule has 0 fully saturated rings. The van der Waals surface area contributed by atoms with Gasteiger partial charge in [-0.3, -0.25) is 0 Å². The molecule has 0 aliphatic rings. The van der Waals surface area contributed by atoms with E-state index in [1.54, 1.807) is 0 Å². The van der Waals surface area contributed by atoms with Crippen LogP contribution >= 0.6 is 39.3 Å². The normalized spacial score (nSPS) is 7.78. The number of benzene rings is 1. The zero-order valence-electron chi connectivity index (χ0n) is 4.57. The van der Waals surface area contributed by atoms with E-state index in [2.05, 4.69) is 39.3 Å². The van der Waals surface area contributed by atoms with Crippen LogP contribution in [0.5, 0.6) is 0 Å². The minimum Gasteiger partial charge on any atom is -0.0623 e. The molecule has 0 heterocycles. The molecular weight excluding hydrogens is 516 g/mol. The maximum atomic E-state index is 2.41. The summed E-state index contributed by atoms with van der Waals surface area (Å²) in [5, 5.41) is 0. The predicted molar refractivity (Wildman–Crippen MR) is 54.5 cm³/mol. The number of hydrogen-bond donors (Lipinski definition) is 0. The Balaban J connectivity index is 0.000000187. The summed E-state index contributed by atoms with van der Waals surface area (Å²) < 4.78 is 0. The van der Waals surface area contributed by atoms with Gasteiger partial charge in [-0.2, -0.15) is 0 Å². The molecule has 1 aromatic rings. The van der Waals surface area contributed by atoms with Crippen molar-refractivity contribution in [1.29, 1.82) is 0 Å². The molecule has 3 heteroatoms. The maximum Gasteiger partial charge on any atom is -0.0623 e. The van der Waals surface area contributed by atoms with Crippen LogP contribution in [0, 0.1) is 0 Å². The van der Waals surface area contributed by atoms with Crippen LogP contribution in [-0.4, -0.2) is 0 Å². The third-order valence-electron chi connectivity index (χ3n) is 0.667. The molecule has 0 saturated carbocycles.